The molecule has 2 aliphatic heterocycles. The van der Waals surface area contributed by atoms with E-state index in [1.807, 2.05) is 42.5 Å². The van der Waals surface area contributed by atoms with E-state index in [-0.39, 0.29) is 17.5 Å². The van der Waals surface area contributed by atoms with Crippen LogP contribution in [0.5, 0.6) is 11.5 Å². The number of ketones is 1. The van der Waals surface area contributed by atoms with Gasteiger partial charge in [-0.15, -0.1) is 0 Å². The summed E-state index contributed by atoms with van der Waals surface area (Å²) in [6, 6.07) is 13.8. The topological polar surface area (TPSA) is 35.5 Å². The highest BCUT2D eigenvalue weighted by Gasteiger charge is 2.32. The second-order valence-corrected chi connectivity index (χ2v) is 6.96. The molecule has 4 rings (SSSR count). The second kappa shape index (κ2) is 5.12. The molecular formula is C20H20O3. The van der Waals surface area contributed by atoms with Crippen LogP contribution in [-0.2, 0) is 6.42 Å². The van der Waals surface area contributed by atoms with E-state index in [2.05, 4.69) is 13.8 Å². The largest absolute Gasteiger partial charge is 0.487 e. The summed E-state index contributed by atoms with van der Waals surface area (Å²) in [5, 5.41) is 0. The van der Waals surface area contributed by atoms with Crippen molar-refractivity contribution < 1.29 is 14.3 Å². The number of rotatable bonds is 1. The van der Waals surface area contributed by atoms with Gasteiger partial charge in [-0.2, -0.15) is 0 Å². The SMILES string of the molecule is CC1(C)CCc2cc3c(cc2O1)OC(c1ccccc1)CC3=O. The normalized spacial score (nSPS) is 21.7. The van der Waals surface area contributed by atoms with Crippen molar-refractivity contribution in [2.45, 2.75) is 44.8 Å². The monoisotopic (exact) mass is 308 g/mol. The van der Waals surface area contributed by atoms with Crippen LogP contribution in [0.2, 0.25) is 0 Å². The molecule has 0 saturated heterocycles. The quantitative estimate of drug-likeness (QED) is 0.778. The van der Waals surface area contributed by atoms with Gasteiger partial charge in [-0.3, -0.25) is 4.79 Å². The Balaban J connectivity index is 1.71. The van der Waals surface area contributed by atoms with Crippen LogP contribution in [0.15, 0.2) is 42.5 Å². The maximum absolute atomic E-state index is 12.6. The minimum atomic E-state index is -0.217. The summed E-state index contributed by atoms with van der Waals surface area (Å²) in [4.78, 5) is 12.6. The van der Waals surface area contributed by atoms with Gasteiger partial charge in [0.05, 0.1) is 12.0 Å². The number of Topliss-reactive ketones (excluding diaryl/α,β-unsaturated/α-hetero) is 1. The van der Waals surface area contributed by atoms with Gasteiger partial charge in [0.2, 0.25) is 0 Å². The smallest absolute Gasteiger partial charge is 0.170 e. The summed E-state index contributed by atoms with van der Waals surface area (Å²) < 4.78 is 12.2. The standard InChI is InChI=1S/C20H20O3/c1-20(2)9-8-14-10-15-16(21)11-17(13-6-4-3-5-7-13)22-19(15)12-18(14)23-20/h3-7,10,12,17H,8-9,11H2,1-2H3. The van der Waals surface area contributed by atoms with Crippen molar-refractivity contribution in [3.63, 3.8) is 0 Å². The zero-order valence-electron chi connectivity index (χ0n) is 13.5. The van der Waals surface area contributed by atoms with Crippen LogP contribution < -0.4 is 9.47 Å². The van der Waals surface area contributed by atoms with Crippen molar-refractivity contribution in [2.75, 3.05) is 0 Å². The van der Waals surface area contributed by atoms with Gasteiger partial charge in [-0.05, 0) is 43.9 Å². The fraction of sp³-hybridized carbons (Fsp3) is 0.350. The van der Waals surface area contributed by atoms with E-state index in [9.17, 15) is 4.79 Å². The maximum Gasteiger partial charge on any atom is 0.170 e. The molecule has 0 radical (unpaired) electrons. The Labute approximate surface area is 136 Å². The number of carbonyl (C=O) groups is 1. The van der Waals surface area contributed by atoms with E-state index in [1.54, 1.807) is 0 Å². The van der Waals surface area contributed by atoms with Gasteiger partial charge < -0.3 is 9.47 Å². The highest BCUT2D eigenvalue weighted by molar-refractivity contribution is 6.00. The molecule has 23 heavy (non-hydrogen) atoms. The molecule has 2 aromatic carbocycles. The minimum Gasteiger partial charge on any atom is -0.487 e. The minimum absolute atomic E-state index is 0.146. The molecule has 2 aliphatic rings. The number of hydrogen-bond donors (Lipinski definition) is 0. The number of fused-ring (bicyclic) bond motifs is 2. The van der Waals surface area contributed by atoms with E-state index < -0.39 is 0 Å². The first kappa shape index (κ1) is 14.3. The fourth-order valence-electron chi connectivity index (χ4n) is 3.32. The first-order chi connectivity index (χ1) is 11.0. The van der Waals surface area contributed by atoms with Gasteiger partial charge in [0, 0.05) is 6.07 Å². The summed E-state index contributed by atoms with van der Waals surface area (Å²) in [5.41, 5.74) is 2.67. The second-order valence-electron chi connectivity index (χ2n) is 6.96. The molecule has 0 fully saturated rings. The molecular weight excluding hydrogens is 288 g/mol. The van der Waals surface area contributed by atoms with Gasteiger partial charge in [0.15, 0.2) is 5.78 Å². The highest BCUT2D eigenvalue weighted by atomic mass is 16.5. The lowest BCUT2D eigenvalue weighted by molar-refractivity contribution is 0.0798. The van der Waals surface area contributed by atoms with Gasteiger partial charge in [-0.25, -0.2) is 0 Å². The molecule has 2 heterocycles. The van der Waals surface area contributed by atoms with Gasteiger partial charge in [0.1, 0.15) is 23.2 Å². The Morgan fingerprint density at radius 1 is 1.09 bits per heavy atom. The Kier molecular flexibility index (Phi) is 3.19. The van der Waals surface area contributed by atoms with Crippen LogP contribution in [0.1, 0.15) is 54.3 Å². The van der Waals surface area contributed by atoms with E-state index in [0.717, 1.165) is 29.7 Å². The third-order valence-electron chi connectivity index (χ3n) is 4.66. The molecule has 2 aromatic rings. The van der Waals surface area contributed by atoms with Crippen LogP contribution in [0, 0.1) is 0 Å². The van der Waals surface area contributed by atoms with Crippen molar-refractivity contribution in [1.29, 1.82) is 0 Å². The van der Waals surface area contributed by atoms with Crippen molar-refractivity contribution in [3.05, 3.63) is 59.2 Å². The Hall–Kier alpha value is -2.29. The van der Waals surface area contributed by atoms with Gasteiger partial charge in [0.25, 0.3) is 0 Å². The molecule has 0 bridgehead atoms. The van der Waals surface area contributed by atoms with Crippen LogP contribution in [0.4, 0.5) is 0 Å². The molecule has 0 aliphatic carbocycles. The lowest BCUT2D eigenvalue weighted by Crippen LogP contribution is -2.33. The highest BCUT2D eigenvalue weighted by Crippen LogP contribution is 2.42. The Bertz CT molecular complexity index is 762. The lowest BCUT2D eigenvalue weighted by atomic mass is 9.90. The predicted molar refractivity (Wildman–Crippen MR) is 88.2 cm³/mol. The fourth-order valence-corrected chi connectivity index (χ4v) is 3.32. The zero-order chi connectivity index (χ0) is 16.0. The average Bonchev–Trinajstić information content (AvgIpc) is 2.53. The van der Waals surface area contributed by atoms with Crippen LogP contribution in [0.3, 0.4) is 0 Å². The molecule has 0 saturated carbocycles. The molecule has 1 unspecified atom stereocenters. The number of ether oxygens (including phenoxy) is 2. The van der Waals surface area contributed by atoms with E-state index in [0.29, 0.717) is 17.7 Å². The molecule has 0 spiro atoms. The summed E-state index contributed by atoms with van der Waals surface area (Å²) in [6.45, 7) is 4.18. The van der Waals surface area contributed by atoms with Crippen molar-refractivity contribution >= 4 is 5.78 Å². The van der Waals surface area contributed by atoms with Gasteiger partial charge in [-0.1, -0.05) is 30.3 Å². The molecule has 3 nitrogen and oxygen atoms in total. The number of aryl methyl sites for hydroxylation is 1. The van der Waals surface area contributed by atoms with Gasteiger partial charge >= 0.3 is 0 Å². The molecule has 118 valence electrons. The molecule has 0 N–H and O–H groups in total. The summed E-state index contributed by atoms with van der Waals surface area (Å²) >= 11 is 0. The first-order valence-corrected chi connectivity index (χ1v) is 8.13. The van der Waals surface area contributed by atoms with Crippen molar-refractivity contribution in [1.82, 2.24) is 0 Å². The number of benzene rings is 2. The summed E-state index contributed by atoms with van der Waals surface area (Å²) in [5.74, 6) is 1.64. The lowest BCUT2D eigenvalue weighted by Gasteiger charge is -2.34. The molecule has 1 atom stereocenters. The average molecular weight is 308 g/mol. The third kappa shape index (κ3) is 2.61. The Morgan fingerprint density at radius 2 is 1.87 bits per heavy atom. The summed E-state index contributed by atoms with van der Waals surface area (Å²) in [6.07, 6.45) is 2.07. The molecule has 0 aromatic heterocycles. The Morgan fingerprint density at radius 3 is 2.65 bits per heavy atom. The van der Waals surface area contributed by atoms with Crippen LogP contribution in [-0.4, -0.2) is 11.4 Å². The predicted octanol–water partition coefficient (Wildman–Crippen LogP) is 4.50. The zero-order valence-corrected chi connectivity index (χ0v) is 13.5. The molecule has 3 heteroatoms. The van der Waals surface area contributed by atoms with Crippen molar-refractivity contribution in [3.8, 4) is 11.5 Å². The van der Waals surface area contributed by atoms with E-state index in [1.165, 1.54) is 0 Å². The number of hydrogen-bond acceptors (Lipinski definition) is 3. The molecule has 0 amide bonds. The van der Waals surface area contributed by atoms with Crippen LogP contribution in [0.25, 0.3) is 0 Å². The van der Waals surface area contributed by atoms with Crippen molar-refractivity contribution in [2.24, 2.45) is 0 Å². The number of carbonyl (C=O) groups excluding carboxylic acids is 1. The summed E-state index contributed by atoms with van der Waals surface area (Å²) in [7, 11) is 0. The van der Waals surface area contributed by atoms with E-state index >= 15 is 0 Å². The first-order valence-electron chi connectivity index (χ1n) is 8.13. The van der Waals surface area contributed by atoms with E-state index in [4.69, 9.17) is 9.47 Å². The third-order valence-corrected chi connectivity index (χ3v) is 4.66. The maximum atomic E-state index is 12.6. The van der Waals surface area contributed by atoms with Crippen LogP contribution >= 0.6 is 0 Å².